The summed E-state index contributed by atoms with van der Waals surface area (Å²) >= 11 is 0. The third kappa shape index (κ3) is 3.17. The van der Waals surface area contributed by atoms with Crippen LogP contribution in [-0.2, 0) is 10.0 Å². The summed E-state index contributed by atoms with van der Waals surface area (Å²) in [6.45, 7) is 1.83. The molecule has 0 amide bonds. The predicted octanol–water partition coefficient (Wildman–Crippen LogP) is 2.37. The van der Waals surface area contributed by atoms with Crippen LogP contribution in [0, 0.1) is 0 Å². The Morgan fingerprint density at radius 3 is 2.38 bits per heavy atom. The number of methoxy groups -OCH3 is 1. The standard InChI is InChI=1S/C18H22N2O3S/c1-19-12-13-20(16(14-19)15-8-4-3-5-9-15)24(21,22)18-11-7-6-10-17(18)23-2/h3-11,16H,12-14H2,1-2H3. The van der Waals surface area contributed by atoms with Gasteiger partial charge in [-0.15, -0.1) is 0 Å². The van der Waals surface area contributed by atoms with Gasteiger partial charge >= 0.3 is 0 Å². The van der Waals surface area contributed by atoms with Gasteiger partial charge in [-0.05, 0) is 24.7 Å². The van der Waals surface area contributed by atoms with Gasteiger partial charge in [-0.3, -0.25) is 0 Å². The van der Waals surface area contributed by atoms with E-state index in [0.29, 0.717) is 25.4 Å². The summed E-state index contributed by atoms with van der Waals surface area (Å²) in [5.74, 6) is 0.378. The summed E-state index contributed by atoms with van der Waals surface area (Å²) < 4.78 is 33.4. The predicted molar refractivity (Wildman–Crippen MR) is 93.6 cm³/mol. The molecule has 0 N–H and O–H groups in total. The number of likely N-dealkylation sites (N-methyl/N-ethyl adjacent to an activating group) is 1. The fraction of sp³-hybridized carbons (Fsp3) is 0.333. The number of nitrogens with zero attached hydrogens (tertiary/aromatic N) is 2. The number of hydrogen-bond donors (Lipinski definition) is 0. The lowest BCUT2D eigenvalue weighted by molar-refractivity contribution is 0.160. The highest BCUT2D eigenvalue weighted by atomic mass is 32.2. The van der Waals surface area contributed by atoms with E-state index in [2.05, 4.69) is 4.90 Å². The Hall–Kier alpha value is -1.89. The van der Waals surface area contributed by atoms with Crippen LogP contribution in [0.3, 0.4) is 0 Å². The third-order valence-corrected chi connectivity index (χ3v) is 6.32. The average Bonchev–Trinajstić information content (AvgIpc) is 2.62. The molecule has 24 heavy (non-hydrogen) atoms. The molecule has 2 aromatic carbocycles. The van der Waals surface area contributed by atoms with E-state index in [1.165, 1.54) is 7.11 Å². The molecule has 1 aliphatic heterocycles. The average molecular weight is 346 g/mol. The fourth-order valence-corrected chi connectivity index (χ4v) is 4.85. The van der Waals surface area contributed by atoms with Crippen LogP contribution in [0.5, 0.6) is 5.75 Å². The van der Waals surface area contributed by atoms with Gasteiger partial charge in [0.05, 0.1) is 13.2 Å². The van der Waals surface area contributed by atoms with Crippen LogP contribution in [0.4, 0.5) is 0 Å². The minimum absolute atomic E-state index is 0.208. The Labute approximate surface area is 143 Å². The van der Waals surface area contributed by atoms with Crippen LogP contribution < -0.4 is 4.74 Å². The van der Waals surface area contributed by atoms with E-state index in [9.17, 15) is 8.42 Å². The van der Waals surface area contributed by atoms with Gasteiger partial charge in [0.25, 0.3) is 0 Å². The lowest BCUT2D eigenvalue weighted by Crippen LogP contribution is -2.49. The Morgan fingerprint density at radius 2 is 1.67 bits per heavy atom. The highest BCUT2D eigenvalue weighted by Crippen LogP contribution is 2.34. The lowest BCUT2D eigenvalue weighted by atomic mass is 10.1. The van der Waals surface area contributed by atoms with Gasteiger partial charge in [-0.2, -0.15) is 4.31 Å². The largest absolute Gasteiger partial charge is 0.495 e. The maximum absolute atomic E-state index is 13.3. The van der Waals surface area contributed by atoms with E-state index < -0.39 is 10.0 Å². The summed E-state index contributed by atoms with van der Waals surface area (Å²) in [5.41, 5.74) is 1.00. The zero-order valence-electron chi connectivity index (χ0n) is 13.9. The molecule has 5 nitrogen and oxygen atoms in total. The molecule has 2 aromatic rings. The summed E-state index contributed by atoms with van der Waals surface area (Å²) in [4.78, 5) is 2.38. The third-order valence-electron chi connectivity index (χ3n) is 4.37. The van der Waals surface area contributed by atoms with Crippen molar-refractivity contribution >= 4 is 10.0 Å². The minimum atomic E-state index is -3.64. The van der Waals surface area contributed by atoms with Gasteiger partial charge in [-0.1, -0.05) is 42.5 Å². The number of sulfonamides is 1. The molecule has 0 aliphatic carbocycles. The van der Waals surface area contributed by atoms with Crippen molar-refractivity contribution in [2.75, 3.05) is 33.8 Å². The van der Waals surface area contributed by atoms with Crippen LogP contribution in [-0.4, -0.2) is 51.4 Å². The first-order valence-electron chi connectivity index (χ1n) is 7.92. The van der Waals surface area contributed by atoms with Crippen molar-refractivity contribution in [2.45, 2.75) is 10.9 Å². The highest BCUT2D eigenvalue weighted by molar-refractivity contribution is 7.89. The van der Waals surface area contributed by atoms with Crippen LogP contribution in [0.1, 0.15) is 11.6 Å². The number of hydrogen-bond acceptors (Lipinski definition) is 4. The molecule has 0 radical (unpaired) electrons. The second-order valence-corrected chi connectivity index (χ2v) is 7.81. The van der Waals surface area contributed by atoms with E-state index >= 15 is 0 Å². The Morgan fingerprint density at radius 1 is 1.00 bits per heavy atom. The lowest BCUT2D eigenvalue weighted by Gasteiger charge is -2.39. The molecule has 0 aromatic heterocycles. The maximum atomic E-state index is 13.3. The van der Waals surface area contributed by atoms with Crippen LogP contribution in [0.25, 0.3) is 0 Å². The molecule has 1 atom stereocenters. The van der Waals surface area contributed by atoms with Crippen molar-refractivity contribution in [3.8, 4) is 5.75 Å². The van der Waals surface area contributed by atoms with E-state index in [4.69, 9.17) is 4.74 Å². The maximum Gasteiger partial charge on any atom is 0.247 e. The second kappa shape index (κ2) is 6.93. The molecule has 3 rings (SSSR count). The van der Waals surface area contributed by atoms with Crippen molar-refractivity contribution < 1.29 is 13.2 Å². The van der Waals surface area contributed by atoms with Crippen molar-refractivity contribution in [2.24, 2.45) is 0 Å². The second-order valence-electron chi connectivity index (χ2n) is 5.96. The van der Waals surface area contributed by atoms with Crippen LogP contribution in [0.2, 0.25) is 0 Å². The molecule has 128 valence electrons. The molecule has 1 aliphatic rings. The number of benzene rings is 2. The molecular formula is C18H22N2O3S. The molecule has 1 unspecified atom stereocenters. The van der Waals surface area contributed by atoms with Gasteiger partial charge in [0, 0.05) is 19.6 Å². The molecule has 0 spiro atoms. The van der Waals surface area contributed by atoms with Gasteiger partial charge < -0.3 is 9.64 Å². The summed E-state index contributed by atoms with van der Waals surface area (Å²) in [5, 5.41) is 0. The summed E-state index contributed by atoms with van der Waals surface area (Å²) in [7, 11) is -0.134. The summed E-state index contributed by atoms with van der Waals surface area (Å²) in [6.07, 6.45) is 0. The molecule has 6 heteroatoms. The Kier molecular flexibility index (Phi) is 4.89. The zero-order valence-corrected chi connectivity index (χ0v) is 14.7. The van der Waals surface area contributed by atoms with Gasteiger partial charge in [0.15, 0.2) is 0 Å². The quantitative estimate of drug-likeness (QED) is 0.853. The monoisotopic (exact) mass is 346 g/mol. The van der Waals surface area contributed by atoms with Crippen molar-refractivity contribution in [1.82, 2.24) is 9.21 Å². The van der Waals surface area contributed by atoms with Crippen molar-refractivity contribution in [3.63, 3.8) is 0 Å². The molecule has 1 heterocycles. The normalized spacial score (nSPS) is 20.0. The van der Waals surface area contributed by atoms with Gasteiger partial charge in [0.2, 0.25) is 10.0 Å². The first kappa shape index (κ1) is 17.0. The van der Waals surface area contributed by atoms with E-state index in [1.54, 1.807) is 28.6 Å². The minimum Gasteiger partial charge on any atom is -0.495 e. The Bertz CT molecular complexity index is 793. The molecule has 0 saturated carbocycles. The van der Waals surface area contributed by atoms with E-state index in [0.717, 1.165) is 5.56 Å². The molecular weight excluding hydrogens is 324 g/mol. The Balaban J connectivity index is 2.04. The molecule has 0 bridgehead atoms. The molecule has 1 saturated heterocycles. The zero-order chi connectivity index (χ0) is 17.2. The van der Waals surface area contributed by atoms with E-state index in [1.807, 2.05) is 37.4 Å². The van der Waals surface area contributed by atoms with Crippen molar-refractivity contribution in [1.29, 1.82) is 0 Å². The fourth-order valence-electron chi connectivity index (χ4n) is 3.10. The number of ether oxygens (including phenoxy) is 1. The topological polar surface area (TPSA) is 49.9 Å². The number of rotatable bonds is 4. The van der Waals surface area contributed by atoms with Gasteiger partial charge in [0.1, 0.15) is 10.6 Å². The number of para-hydroxylation sites is 1. The number of piperazine rings is 1. The van der Waals surface area contributed by atoms with E-state index in [-0.39, 0.29) is 10.9 Å². The molecule has 1 fully saturated rings. The SMILES string of the molecule is COc1ccccc1S(=O)(=O)N1CCN(C)CC1c1ccccc1. The first-order valence-corrected chi connectivity index (χ1v) is 9.36. The van der Waals surface area contributed by atoms with Crippen LogP contribution >= 0.6 is 0 Å². The smallest absolute Gasteiger partial charge is 0.247 e. The van der Waals surface area contributed by atoms with Crippen molar-refractivity contribution in [3.05, 3.63) is 60.2 Å². The summed E-state index contributed by atoms with van der Waals surface area (Å²) in [6, 6.07) is 16.4. The highest BCUT2D eigenvalue weighted by Gasteiger charge is 2.37. The van der Waals surface area contributed by atoms with Gasteiger partial charge in [-0.25, -0.2) is 8.42 Å². The first-order chi connectivity index (χ1) is 11.5. The van der Waals surface area contributed by atoms with Crippen LogP contribution in [0.15, 0.2) is 59.5 Å².